The number of ether oxygens (including phenoxy) is 1. The Morgan fingerprint density at radius 3 is 2.62 bits per heavy atom. The van der Waals surface area contributed by atoms with Gasteiger partial charge in [-0.2, -0.15) is 4.31 Å². The van der Waals surface area contributed by atoms with E-state index in [1.54, 1.807) is 17.0 Å². The van der Waals surface area contributed by atoms with Crippen molar-refractivity contribution in [1.82, 2.24) is 14.9 Å². The van der Waals surface area contributed by atoms with Crippen molar-refractivity contribution in [3.05, 3.63) is 41.5 Å². The molecule has 0 radical (unpaired) electrons. The molecular weight excluding hydrogens is 436 g/mol. The van der Waals surface area contributed by atoms with Gasteiger partial charge in [0, 0.05) is 29.9 Å². The van der Waals surface area contributed by atoms with E-state index in [1.165, 1.54) is 11.2 Å². The van der Waals surface area contributed by atoms with Crippen molar-refractivity contribution in [3.8, 4) is 11.8 Å². The van der Waals surface area contributed by atoms with Gasteiger partial charge in [0.15, 0.2) is 0 Å². The summed E-state index contributed by atoms with van der Waals surface area (Å²) in [6.45, 7) is 2.61. The number of cyclic esters (lactones) is 1. The molecule has 3 heterocycles. The molecule has 3 aliphatic rings. The van der Waals surface area contributed by atoms with Crippen LogP contribution in [-0.2, 0) is 19.6 Å². The minimum absolute atomic E-state index is 0.137. The molecule has 2 N–H and O–H groups in total. The van der Waals surface area contributed by atoms with Gasteiger partial charge < -0.3 is 10.1 Å². The number of hydrogen-bond donors (Lipinski definition) is 2. The molecule has 1 unspecified atom stereocenters. The minimum Gasteiger partial charge on any atom is -0.447 e. The molecule has 168 valence electrons. The predicted octanol–water partition coefficient (Wildman–Crippen LogP) is 0.555. The molecule has 1 aromatic carbocycles. The van der Waals surface area contributed by atoms with Crippen LogP contribution in [-0.4, -0.2) is 68.3 Å². The number of hydrogen-bond acceptors (Lipinski definition) is 6. The van der Waals surface area contributed by atoms with Crippen LogP contribution in [0.1, 0.15) is 18.9 Å². The molecule has 1 atom stereocenters. The monoisotopic (exact) mass is 458 g/mol. The summed E-state index contributed by atoms with van der Waals surface area (Å²) in [6.07, 6.45) is 1.79. The average Bonchev–Trinajstić information content (AvgIpc) is 3.28. The van der Waals surface area contributed by atoms with Crippen LogP contribution in [0.25, 0.3) is 0 Å². The van der Waals surface area contributed by atoms with Crippen LogP contribution in [0, 0.1) is 11.8 Å². The summed E-state index contributed by atoms with van der Waals surface area (Å²) in [7, 11) is -3.78. The van der Waals surface area contributed by atoms with Gasteiger partial charge in [-0.25, -0.2) is 18.0 Å². The first-order valence-corrected chi connectivity index (χ1v) is 11.6. The van der Waals surface area contributed by atoms with E-state index in [4.69, 9.17) is 4.74 Å². The number of nitrogens with one attached hydrogen (secondary N) is 2. The number of anilines is 1. The van der Waals surface area contributed by atoms with Crippen molar-refractivity contribution >= 4 is 33.7 Å². The molecule has 2 saturated heterocycles. The van der Waals surface area contributed by atoms with Crippen molar-refractivity contribution in [2.45, 2.75) is 18.9 Å². The first kappa shape index (κ1) is 21.9. The fourth-order valence-corrected chi connectivity index (χ4v) is 5.47. The Bertz CT molecular complexity index is 1180. The minimum atomic E-state index is -3.78. The van der Waals surface area contributed by atoms with Crippen LogP contribution >= 0.6 is 0 Å². The molecule has 4 amide bonds. The third-order valence-corrected chi connectivity index (χ3v) is 7.50. The smallest absolute Gasteiger partial charge is 0.414 e. The fraction of sp³-hybridized carbons (Fsp3) is 0.381. The van der Waals surface area contributed by atoms with Gasteiger partial charge in [0.1, 0.15) is 12.1 Å². The summed E-state index contributed by atoms with van der Waals surface area (Å²) in [4.78, 5) is 36.6. The Morgan fingerprint density at radius 2 is 2.00 bits per heavy atom. The zero-order valence-electron chi connectivity index (χ0n) is 17.4. The molecule has 0 saturated carbocycles. The second-order valence-corrected chi connectivity index (χ2v) is 9.87. The van der Waals surface area contributed by atoms with Gasteiger partial charge in [-0.15, -0.1) is 0 Å². The van der Waals surface area contributed by atoms with E-state index in [0.29, 0.717) is 25.3 Å². The van der Waals surface area contributed by atoms with Crippen LogP contribution in [0.2, 0.25) is 0 Å². The Kier molecular flexibility index (Phi) is 5.66. The van der Waals surface area contributed by atoms with Crippen molar-refractivity contribution in [2.75, 3.05) is 36.9 Å². The number of benzene rings is 1. The number of nitrogens with zero attached hydrogens (tertiary/aromatic N) is 2. The molecule has 4 rings (SSSR count). The maximum atomic E-state index is 12.8. The normalized spacial score (nSPS) is 23.7. The van der Waals surface area contributed by atoms with E-state index in [0.717, 1.165) is 11.1 Å². The molecule has 0 bridgehead atoms. The van der Waals surface area contributed by atoms with Crippen molar-refractivity contribution < 1.29 is 27.5 Å². The molecule has 0 aromatic heterocycles. The van der Waals surface area contributed by atoms with Gasteiger partial charge in [0.05, 0.1) is 12.3 Å². The van der Waals surface area contributed by atoms with Crippen molar-refractivity contribution in [3.63, 3.8) is 0 Å². The van der Waals surface area contributed by atoms with Crippen LogP contribution in [0.4, 0.5) is 15.3 Å². The average molecular weight is 458 g/mol. The van der Waals surface area contributed by atoms with Gasteiger partial charge in [0.25, 0.3) is 5.91 Å². The van der Waals surface area contributed by atoms with Crippen molar-refractivity contribution in [1.29, 1.82) is 0 Å². The number of carbonyl (C=O) groups is 3. The topological polar surface area (TPSA) is 125 Å². The highest BCUT2D eigenvalue weighted by Gasteiger charge is 2.46. The number of imide groups is 1. The Balaban J connectivity index is 1.41. The van der Waals surface area contributed by atoms with E-state index in [9.17, 15) is 22.8 Å². The Hall–Kier alpha value is -3.36. The summed E-state index contributed by atoms with van der Waals surface area (Å²) in [5.74, 6) is 4.95. The van der Waals surface area contributed by atoms with Crippen LogP contribution in [0.5, 0.6) is 0 Å². The van der Waals surface area contributed by atoms with E-state index in [1.807, 2.05) is 18.2 Å². The largest absolute Gasteiger partial charge is 0.447 e. The van der Waals surface area contributed by atoms with Crippen LogP contribution < -0.4 is 15.5 Å². The highest BCUT2D eigenvalue weighted by Crippen LogP contribution is 2.21. The lowest BCUT2D eigenvalue weighted by atomic mass is 10.1. The predicted molar refractivity (Wildman–Crippen MR) is 115 cm³/mol. The molecule has 32 heavy (non-hydrogen) atoms. The molecule has 1 aromatic rings. The van der Waals surface area contributed by atoms with Gasteiger partial charge in [-0.1, -0.05) is 24.0 Å². The molecule has 11 heteroatoms. The standard InChI is InChI=1S/C21H22N4O6S/c1-21(18(26)22-19(27)23-21)14-32(29,30)24-9-7-15(8-10-24)5-6-16-3-2-4-17(13-16)25-11-12-31-20(25)28/h2-4,7,13H,8-12,14H2,1H3,(H2,22,23,26,27). The second-order valence-electron chi connectivity index (χ2n) is 7.90. The third kappa shape index (κ3) is 4.46. The highest BCUT2D eigenvalue weighted by atomic mass is 32.2. The molecule has 0 aliphatic carbocycles. The number of amides is 4. The van der Waals surface area contributed by atoms with Gasteiger partial charge in [0.2, 0.25) is 10.0 Å². The molecule has 2 fully saturated rings. The first-order chi connectivity index (χ1) is 15.2. The maximum absolute atomic E-state index is 12.8. The maximum Gasteiger partial charge on any atom is 0.414 e. The van der Waals surface area contributed by atoms with Crippen LogP contribution in [0.15, 0.2) is 35.9 Å². The van der Waals surface area contributed by atoms with Gasteiger partial charge in [-0.3, -0.25) is 15.0 Å². The molecular formula is C21H22N4O6S. The van der Waals surface area contributed by atoms with Gasteiger partial charge in [-0.05, 0) is 31.5 Å². The summed E-state index contributed by atoms with van der Waals surface area (Å²) in [6, 6.07) is 6.57. The quantitative estimate of drug-likeness (QED) is 0.502. The number of sulfonamides is 1. The van der Waals surface area contributed by atoms with Gasteiger partial charge >= 0.3 is 12.1 Å². The lowest BCUT2D eigenvalue weighted by molar-refractivity contribution is -0.122. The molecule has 0 spiro atoms. The van der Waals surface area contributed by atoms with Crippen molar-refractivity contribution in [2.24, 2.45) is 0 Å². The Morgan fingerprint density at radius 1 is 1.19 bits per heavy atom. The second kappa shape index (κ2) is 8.29. The number of carbonyl (C=O) groups excluding carboxylic acids is 3. The number of rotatable bonds is 4. The summed E-state index contributed by atoms with van der Waals surface area (Å²) in [5.41, 5.74) is 0.757. The first-order valence-electron chi connectivity index (χ1n) is 10.0. The SMILES string of the molecule is CC1(CS(=O)(=O)N2CC=C(C#Cc3cccc(N4CCOC4=O)c3)CC2)NC(=O)NC1=O. The lowest BCUT2D eigenvalue weighted by Gasteiger charge is -2.28. The lowest BCUT2D eigenvalue weighted by Crippen LogP contribution is -2.52. The number of urea groups is 1. The zero-order valence-corrected chi connectivity index (χ0v) is 18.2. The van der Waals surface area contributed by atoms with Crippen LogP contribution in [0.3, 0.4) is 0 Å². The summed E-state index contributed by atoms with van der Waals surface area (Å²) >= 11 is 0. The summed E-state index contributed by atoms with van der Waals surface area (Å²) in [5, 5.41) is 4.44. The third-order valence-electron chi connectivity index (χ3n) is 5.44. The summed E-state index contributed by atoms with van der Waals surface area (Å²) < 4.78 is 31.8. The fourth-order valence-electron chi connectivity index (χ4n) is 3.69. The zero-order chi connectivity index (χ0) is 22.9. The van der Waals surface area contributed by atoms with E-state index < -0.39 is 33.3 Å². The van der Waals surface area contributed by atoms with E-state index in [2.05, 4.69) is 22.5 Å². The van der Waals surface area contributed by atoms with E-state index >= 15 is 0 Å². The van der Waals surface area contributed by atoms with E-state index in [-0.39, 0.29) is 19.2 Å². The Labute approximate surface area is 185 Å². The molecule has 10 nitrogen and oxygen atoms in total. The molecule has 3 aliphatic heterocycles. The highest BCUT2D eigenvalue weighted by molar-refractivity contribution is 7.89.